The van der Waals surface area contributed by atoms with Gasteiger partial charge in [0, 0.05) is 12.6 Å². The molecule has 2 rings (SSSR count). The standard InChI is InChI=1S/C12H16ClNO2/c1-8-4-9(6-14-11(8)13)5-10-7-15-12(2,3)16-10/h4,6,10H,5,7H2,1-3H3. The van der Waals surface area contributed by atoms with E-state index in [2.05, 4.69) is 4.98 Å². The highest BCUT2D eigenvalue weighted by Crippen LogP contribution is 2.25. The fourth-order valence-electron chi connectivity index (χ4n) is 1.85. The minimum absolute atomic E-state index is 0.109. The van der Waals surface area contributed by atoms with E-state index in [0.717, 1.165) is 17.5 Å². The first-order valence-electron chi connectivity index (χ1n) is 5.39. The van der Waals surface area contributed by atoms with Gasteiger partial charge in [-0.25, -0.2) is 4.98 Å². The lowest BCUT2D eigenvalue weighted by molar-refractivity contribution is -0.138. The Kier molecular flexibility index (Phi) is 3.19. The summed E-state index contributed by atoms with van der Waals surface area (Å²) in [5, 5.41) is 0.563. The van der Waals surface area contributed by atoms with Crippen LogP contribution in [0, 0.1) is 6.92 Å². The Morgan fingerprint density at radius 2 is 2.31 bits per heavy atom. The van der Waals surface area contributed by atoms with E-state index in [1.165, 1.54) is 0 Å². The summed E-state index contributed by atoms with van der Waals surface area (Å²) in [6.45, 7) is 6.44. The molecule has 0 aromatic carbocycles. The van der Waals surface area contributed by atoms with Crippen molar-refractivity contribution >= 4 is 11.6 Å². The predicted molar refractivity (Wildman–Crippen MR) is 62.6 cm³/mol. The van der Waals surface area contributed by atoms with Crippen LogP contribution in [-0.4, -0.2) is 23.5 Å². The second-order valence-corrected chi connectivity index (χ2v) is 4.96. The van der Waals surface area contributed by atoms with Gasteiger partial charge in [-0.05, 0) is 31.9 Å². The zero-order valence-electron chi connectivity index (χ0n) is 9.79. The lowest BCUT2D eigenvalue weighted by Crippen LogP contribution is -2.22. The normalized spacial score (nSPS) is 23.6. The van der Waals surface area contributed by atoms with Gasteiger partial charge >= 0.3 is 0 Å². The highest BCUT2D eigenvalue weighted by atomic mass is 35.5. The average molecular weight is 242 g/mol. The molecule has 0 aliphatic carbocycles. The van der Waals surface area contributed by atoms with Crippen molar-refractivity contribution in [2.45, 2.75) is 39.1 Å². The van der Waals surface area contributed by atoms with E-state index in [1.54, 1.807) is 6.20 Å². The van der Waals surface area contributed by atoms with Crippen LogP contribution < -0.4 is 0 Å². The fraction of sp³-hybridized carbons (Fsp3) is 0.583. The van der Waals surface area contributed by atoms with Gasteiger partial charge in [0.25, 0.3) is 0 Å². The maximum Gasteiger partial charge on any atom is 0.163 e. The summed E-state index contributed by atoms with van der Waals surface area (Å²) < 4.78 is 11.3. The molecule has 2 heterocycles. The molecule has 0 bridgehead atoms. The van der Waals surface area contributed by atoms with Crippen LogP contribution in [0.4, 0.5) is 0 Å². The Morgan fingerprint density at radius 3 is 2.88 bits per heavy atom. The topological polar surface area (TPSA) is 31.4 Å². The van der Waals surface area contributed by atoms with Crippen molar-refractivity contribution in [1.29, 1.82) is 0 Å². The van der Waals surface area contributed by atoms with E-state index in [0.29, 0.717) is 11.8 Å². The summed E-state index contributed by atoms with van der Waals surface area (Å²) in [6, 6.07) is 2.05. The highest BCUT2D eigenvalue weighted by molar-refractivity contribution is 6.30. The molecular weight excluding hydrogens is 226 g/mol. The first kappa shape index (κ1) is 11.8. The summed E-state index contributed by atoms with van der Waals surface area (Å²) in [4.78, 5) is 4.13. The molecule has 1 aromatic heterocycles. The molecule has 1 fully saturated rings. The van der Waals surface area contributed by atoms with Crippen LogP contribution in [0.2, 0.25) is 5.15 Å². The average Bonchev–Trinajstić information content (AvgIpc) is 2.52. The number of rotatable bonds is 2. The lowest BCUT2D eigenvalue weighted by atomic mass is 10.1. The van der Waals surface area contributed by atoms with E-state index in [1.807, 2.05) is 26.8 Å². The molecule has 0 saturated carbocycles. The Balaban J connectivity index is 2.02. The van der Waals surface area contributed by atoms with Crippen LogP contribution in [0.5, 0.6) is 0 Å². The van der Waals surface area contributed by atoms with Crippen LogP contribution in [0.3, 0.4) is 0 Å². The first-order chi connectivity index (χ1) is 7.46. The molecule has 4 heteroatoms. The monoisotopic (exact) mass is 241 g/mol. The molecule has 1 saturated heterocycles. The number of halogens is 1. The predicted octanol–water partition coefficient (Wildman–Crippen LogP) is 2.74. The molecule has 3 nitrogen and oxygen atoms in total. The van der Waals surface area contributed by atoms with E-state index < -0.39 is 5.79 Å². The third-order valence-electron chi connectivity index (χ3n) is 2.60. The van der Waals surface area contributed by atoms with Crippen LogP contribution in [-0.2, 0) is 15.9 Å². The lowest BCUT2D eigenvalue weighted by Gasteiger charge is -2.17. The summed E-state index contributed by atoms with van der Waals surface area (Å²) in [5.41, 5.74) is 2.13. The van der Waals surface area contributed by atoms with Gasteiger partial charge in [0.2, 0.25) is 0 Å². The molecular formula is C12H16ClNO2. The number of nitrogens with zero attached hydrogens (tertiary/aromatic N) is 1. The molecule has 1 aliphatic heterocycles. The van der Waals surface area contributed by atoms with E-state index >= 15 is 0 Å². The summed E-state index contributed by atoms with van der Waals surface area (Å²) in [5.74, 6) is -0.459. The quantitative estimate of drug-likeness (QED) is 0.746. The summed E-state index contributed by atoms with van der Waals surface area (Å²) in [6.07, 6.45) is 2.72. The number of aromatic nitrogens is 1. The largest absolute Gasteiger partial charge is 0.348 e. The molecule has 0 N–H and O–H groups in total. The number of hydrogen-bond donors (Lipinski definition) is 0. The van der Waals surface area contributed by atoms with Gasteiger partial charge in [-0.2, -0.15) is 0 Å². The first-order valence-corrected chi connectivity index (χ1v) is 5.77. The van der Waals surface area contributed by atoms with Crippen LogP contribution >= 0.6 is 11.6 Å². The Labute approximate surface area is 101 Å². The molecule has 1 aromatic rings. The molecule has 1 atom stereocenters. The van der Waals surface area contributed by atoms with Crippen molar-refractivity contribution in [3.8, 4) is 0 Å². The van der Waals surface area contributed by atoms with Crippen molar-refractivity contribution in [1.82, 2.24) is 4.98 Å². The Bertz CT molecular complexity index is 393. The maximum absolute atomic E-state index is 5.88. The van der Waals surface area contributed by atoms with E-state index in [-0.39, 0.29) is 6.10 Å². The fourth-order valence-corrected chi connectivity index (χ4v) is 1.96. The van der Waals surface area contributed by atoms with Crippen LogP contribution in [0.15, 0.2) is 12.3 Å². The van der Waals surface area contributed by atoms with Crippen molar-refractivity contribution in [2.24, 2.45) is 0 Å². The smallest absolute Gasteiger partial charge is 0.163 e. The molecule has 88 valence electrons. The number of aryl methyl sites for hydroxylation is 1. The Hall–Kier alpha value is -0.640. The third-order valence-corrected chi connectivity index (χ3v) is 3.00. The summed E-state index contributed by atoms with van der Waals surface area (Å²) >= 11 is 5.88. The van der Waals surface area contributed by atoms with Crippen molar-refractivity contribution < 1.29 is 9.47 Å². The second-order valence-electron chi connectivity index (χ2n) is 4.61. The molecule has 1 unspecified atom stereocenters. The van der Waals surface area contributed by atoms with Crippen molar-refractivity contribution in [3.05, 3.63) is 28.5 Å². The van der Waals surface area contributed by atoms with Gasteiger partial charge in [-0.1, -0.05) is 17.7 Å². The van der Waals surface area contributed by atoms with E-state index in [9.17, 15) is 0 Å². The minimum Gasteiger partial charge on any atom is -0.348 e. The zero-order chi connectivity index (χ0) is 11.8. The number of ether oxygens (including phenoxy) is 2. The zero-order valence-corrected chi connectivity index (χ0v) is 10.5. The maximum atomic E-state index is 5.88. The molecule has 0 amide bonds. The molecule has 16 heavy (non-hydrogen) atoms. The molecule has 0 radical (unpaired) electrons. The van der Waals surface area contributed by atoms with Gasteiger partial charge < -0.3 is 9.47 Å². The number of hydrogen-bond acceptors (Lipinski definition) is 3. The van der Waals surface area contributed by atoms with Gasteiger partial charge in [0.05, 0.1) is 12.7 Å². The highest BCUT2D eigenvalue weighted by Gasteiger charge is 2.32. The van der Waals surface area contributed by atoms with Crippen LogP contribution in [0.25, 0.3) is 0 Å². The van der Waals surface area contributed by atoms with Crippen molar-refractivity contribution in [2.75, 3.05) is 6.61 Å². The van der Waals surface area contributed by atoms with Gasteiger partial charge in [0.1, 0.15) is 5.15 Å². The van der Waals surface area contributed by atoms with Crippen molar-refractivity contribution in [3.63, 3.8) is 0 Å². The van der Waals surface area contributed by atoms with Gasteiger partial charge in [-0.3, -0.25) is 0 Å². The molecule has 1 aliphatic rings. The molecule has 0 spiro atoms. The number of pyridine rings is 1. The second kappa shape index (κ2) is 4.32. The van der Waals surface area contributed by atoms with E-state index in [4.69, 9.17) is 21.1 Å². The van der Waals surface area contributed by atoms with Crippen LogP contribution in [0.1, 0.15) is 25.0 Å². The van der Waals surface area contributed by atoms with Gasteiger partial charge in [0.15, 0.2) is 5.79 Å². The Morgan fingerprint density at radius 1 is 1.56 bits per heavy atom. The minimum atomic E-state index is -0.459. The van der Waals surface area contributed by atoms with Gasteiger partial charge in [-0.15, -0.1) is 0 Å². The third kappa shape index (κ3) is 2.73. The SMILES string of the molecule is Cc1cc(CC2COC(C)(C)O2)cnc1Cl. The summed E-state index contributed by atoms with van der Waals surface area (Å²) in [7, 11) is 0.